The number of halogens is 12. The van der Waals surface area contributed by atoms with Crippen LogP contribution in [0.3, 0.4) is 0 Å². The fourth-order valence-corrected chi connectivity index (χ4v) is 2.28. The average molecular weight is 411 g/mol. The molecule has 0 spiro atoms. The van der Waals surface area contributed by atoms with Gasteiger partial charge in [-0.1, -0.05) is 6.07 Å². The van der Waals surface area contributed by atoms with E-state index in [4.69, 9.17) is 5.73 Å². The summed E-state index contributed by atoms with van der Waals surface area (Å²) in [7, 11) is 0. The Morgan fingerprint density at radius 2 is 1.12 bits per heavy atom. The zero-order valence-electron chi connectivity index (χ0n) is 11.3. The lowest BCUT2D eigenvalue weighted by molar-refractivity contribution is -0.348. The van der Waals surface area contributed by atoms with Gasteiger partial charge in [-0.2, -0.15) is 48.3 Å². The second-order valence-corrected chi connectivity index (χ2v) is 5.68. The third-order valence-corrected chi connectivity index (χ3v) is 3.82. The monoisotopic (exact) mass is 411 g/mol. The molecule has 2 N–H and O–H groups in total. The zero-order valence-corrected chi connectivity index (χ0v) is 12.1. The molecule has 25 heavy (non-hydrogen) atoms. The smallest absolute Gasteiger partial charge is 0.398 e. The summed E-state index contributed by atoms with van der Waals surface area (Å²) in [6, 6.07) is -0.386. The Hall–Kier alpha value is -1.47. The van der Waals surface area contributed by atoms with Crippen molar-refractivity contribution in [2.45, 2.75) is 34.3 Å². The Morgan fingerprint density at radius 3 is 1.48 bits per heavy atom. The van der Waals surface area contributed by atoms with E-state index in [1.54, 1.807) is 0 Å². The second-order valence-electron chi connectivity index (χ2n) is 4.52. The van der Waals surface area contributed by atoms with E-state index < -0.39 is 63.4 Å². The first kappa shape index (κ1) is 21.6. The van der Waals surface area contributed by atoms with E-state index in [9.17, 15) is 52.7 Å². The molecule has 1 aromatic carbocycles. The van der Waals surface area contributed by atoms with Crippen molar-refractivity contribution >= 4 is 17.4 Å². The third kappa shape index (κ3) is 3.87. The van der Waals surface area contributed by atoms with E-state index in [1.165, 1.54) is 0 Å². The zero-order chi connectivity index (χ0) is 20.1. The summed E-state index contributed by atoms with van der Waals surface area (Å²) in [6.07, 6.45) is -19.3. The van der Waals surface area contributed by atoms with Crippen LogP contribution in [0.2, 0.25) is 0 Å². The first-order chi connectivity index (χ1) is 10.8. The van der Waals surface area contributed by atoms with Crippen LogP contribution in [0.4, 0.5) is 58.4 Å². The van der Waals surface area contributed by atoms with Gasteiger partial charge in [0.25, 0.3) is 0 Å². The topological polar surface area (TPSA) is 26.0 Å². The van der Waals surface area contributed by atoms with E-state index in [1.807, 2.05) is 0 Å². The predicted octanol–water partition coefficient (Wildman–Crippen LogP) is 5.81. The SMILES string of the molecule is Nc1ccc(C(F)(C(F)(F)F)C(F)(F)F)cc1SC(F)(F)C(F)(F)F. The van der Waals surface area contributed by atoms with Crippen LogP contribution in [0.25, 0.3) is 0 Å². The molecule has 0 aliphatic carbocycles. The number of hydrogen-bond donors (Lipinski definition) is 1. The van der Waals surface area contributed by atoms with E-state index in [2.05, 4.69) is 0 Å². The summed E-state index contributed by atoms with van der Waals surface area (Å²) in [5, 5.41) is -5.59. The molecule has 0 heterocycles. The summed E-state index contributed by atoms with van der Waals surface area (Å²) >= 11 is -1.45. The maximum absolute atomic E-state index is 13.8. The first-order valence-electron chi connectivity index (χ1n) is 5.70. The van der Waals surface area contributed by atoms with Crippen LogP contribution in [0.15, 0.2) is 23.1 Å². The number of rotatable bonds is 3. The minimum Gasteiger partial charge on any atom is -0.398 e. The van der Waals surface area contributed by atoms with E-state index >= 15 is 0 Å². The van der Waals surface area contributed by atoms with E-state index in [0.717, 1.165) is 0 Å². The standard InChI is InChI=1S/C11H5F12NS/c12-7(8(13,14)15,9(16,17)18)4-1-2-5(24)6(3-4)25-11(22,23)10(19,20)21/h1-3H,24H2. The molecule has 1 aromatic rings. The maximum Gasteiger partial charge on any atom is 0.464 e. The molecular weight excluding hydrogens is 406 g/mol. The maximum atomic E-state index is 13.8. The van der Waals surface area contributed by atoms with Crippen molar-refractivity contribution < 1.29 is 52.7 Å². The van der Waals surface area contributed by atoms with Crippen molar-refractivity contribution in [3.05, 3.63) is 23.8 Å². The molecule has 0 radical (unpaired) electrons. The highest BCUT2D eigenvalue weighted by Gasteiger charge is 2.73. The summed E-state index contributed by atoms with van der Waals surface area (Å²) in [5.41, 5.74) is -4.22. The van der Waals surface area contributed by atoms with Crippen molar-refractivity contribution in [2.24, 2.45) is 0 Å². The highest BCUT2D eigenvalue weighted by Crippen LogP contribution is 2.55. The van der Waals surface area contributed by atoms with Gasteiger partial charge in [-0.25, -0.2) is 4.39 Å². The van der Waals surface area contributed by atoms with Gasteiger partial charge in [0.05, 0.1) is 0 Å². The number of nitrogens with two attached hydrogens (primary N) is 1. The normalized spacial score (nSPS) is 14.7. The van der Waals surface area contributed by atoms with Crippen molar-refractivity contribution in [2.75, 3.05) is 5.73 Å². The Bertz CT molecular complexity index is 615. The minimum absolute atomic E-state index is 0.105. The Labute approximate surface area is 135 Å². The molecule has 0 saturated heterocycles. The molecule has 0 bridgehead atoms. The van der Waals surface area contributed by atoms with Gasteiger partial charge in [0.1, 0.15) is 0 Å². The predicted molar refractivity (Wildman–Crippen MR) is 62.6 cm³/mol. The molecule has 0 aromatic heterocycles. The van der Waals surface area contributed by atoms with Gasteiger partial charge in [-0.05, 0) is 23.9 Å². The molecule has 0 unspecified atom stereocenters. The highest BCUT2D eigenvalue weighted by molar-refractivity contribution is 8.00. The lowest BCUT2D eigenvalue weighted by Crippen LogP contribution is -2.50. The van der Waals surface area contributed by atoms with Crippen molar-refractivity contribution in [3.63, 3.8) is 0 Å². The molecule has 0 aliphatic rings. The van der Waals surface area contributed by atoms with Gasteiger partial charge in [-0.3, -0.25) is 0 Å². The number of alkyl halides is 12. The van der Waals surface area contributed by atoms with Gasteiger partial charge in [0, 0.05) is 16.1 Å². The highest BCUT2D eigenvalue weighted by atomic mass is 32.2. The molecule has 1 rings (SSSR count). The number of anilines is 1. The molecule has 14 heteroatoms. The Balaban J connectivity index is 3.52. The van der Waals surface area contributed by atoms with Gasteiger partial charge in [-0.15, -0.1) is 0 Å². The quantitative estimate of drug-likeness (QED) is 0.386. The fraction of sp³-hybridized carbons (Fsp3) is 0.455. The molecule has 0 fully saturated rings. The van der Waals surface area contributed by atoms with Crippen molar-refractivity contribution in [3.8, 4) is 0 Å². The second kappa shape index (κ2) is 6.06. The molecule has 1 nitrogen and oxygen atoms in total. The number of hydrogen-bond acceptors (Lipinski definition) is 2. The number of benzene rings is 1. The largest absolute Gasteiger partial charge is 0.464 e. The van der Waals surface area contributed by atoms with Crippen LogP contribution in [0.1, 0.15) is 5.56 Å². The summed E-state index contributed by atoms with van der Waals surface area (Å²) in [6.45, 7) is 0. The van der Waals surface area contributed by atoms with Crippen molar-refractivity contribution in [1.82, 2.24) is 0 Å². The summed E-state index contributed by atoms with van der Waals surface area (Å²) < 4.78 is 152. The van der Waals surface area contributed by atoms with Crippen LogP contribution in [-0.4, -0.2) is 23.8 Å². The molecule has 0 amide bonds. The van der Waals surface area contributed by atoms with Crippen molar-refractivity contribution in [1.29, 1.82) is 0 Å². The van der Waals surface area contributed by atoms with Crippen LogP contribution in [0, 0.1) is 0 Å². The molecule has 144 valence electrons. The third-order valence-electron chi connectivity index (χ3n) is 2.76. The lowest BCUT2D eigenvalue weighted by atomic mass is 9.94. The molecular formula is C11H5F12NS. The van der Waals surface area contributed by atoms with Crippen LogP contribution < -0.4 is 5.73 Å². The first-order valence-corrected chi connectivity index (χ1v) is 6.52. The fourth-order valence-electron chi connectivity index (χ4n) is 1.52. The van der Waals surface area contributed by atoms with Gasteiger partial charge < -0.3 is 5.73 Å². The van der Waals surface area contributed by atoms with Gasteiger partial charge in [0.15, 0.2) is 0 Å². The van der Waals surface area contributed by atoms with E-state index in [-0.39, 0.29) is 12.1 Å². The lowest BCUT2D eigenvalue weighted by Gasteiger charge is -2.31. The summed E-state index contributed by atoms with van der Waals surface area (Å²) in [4.78, 5) is -1.50. The summed E-state index contributed by atoms with van der Waals surface area (Å²) in [5.74, 6) is 0. The number of nitrogen functional groups attached to an aromatic ring is 1. The number of thioether (sulfide) groups is 1. The van der Waals surface area contributed by atoms with Crippen LogP contribution in [-0.2, 0) is 5.67 Å². The Kier molecular flexibility index (Phi) is 5.22. The van der Waals surface area contributed by atoms with E-state index in [0.29, 0.717) is 0 Å². The van der Waals surface area contributed by atoms with Crippen LogP contribution >= 0.6 is 11.8 Å². The van der Waals surface area contributed by atoms with Gasteiger partial charge in [0.2, 0.25) is 0 Å². The minimum atomic E-state index is -6.56. The molecule has 0 atom stereocenters. The van der Waals surface area contributed by atoms with Gasteiger partial charge >= 0.3 is 29.5 Å². The van der Waals surface area contributed by atoms with Crippen LogP contribution in [0.5, 0.6) is 0 Å². The molecule has 0 aliphatic heterocycles. The average Bonchev–Trinajstić information content (AvgIpc) is 2.36. The Morgan fingerprint density at radius 1 is 0.680 bits per heavy atom. The molecule has 0 saturated carbocycles.